The van der Waals surface area contributed by atoms with E-state index in [1.807, 2.05) is 0 Å². The van der Waals surface area contributed by atoms with Crippen molar-refractivity contribution in [3.63, 3.8) is 0 Å². The van der Waals surface area contributed by atoms with E-state index in [2.05, 4.69) is 120 Å². The third kappa shape index (κ3) is 6.15. The maximum atomic E-state index is 6.74. The highest BCUT2D eigenvalue weighted by Gasteiger charge is 2.51. The molecule has 4 unspecified atom stereocenters. The first kappa shape index (κ1) is 34.7. The lowest BCUT2D eigenvalue weighted by molar-refractivity contribution is -0.244. The van der Waals surface area contributed by atoms with Crippen LogP contribution in [-0.2, 0) is 18.9 Å². The fraction of sp³-hybridized carbons (Fsp3) is 0.462. The van der Waals surface area contributed by atoms with Crippen molar-refractivity contribution >= 4 is 0 Å². The molecule has 13 rings (SSSR count). The summed E-state index contributed by atoms with van der Waals surface area (Å²) in [6, 6.07) is 16.7. The molecular formula is C52H48O4. The highest BCUT2D eigenvalue weighted by atomic mass is 16.7. The zero-order valence-corrected chi connectivity index (χ0v) is 32.1. The second-order valence-electron chi connectivity index (χ2n) is 17.5. The van der Waals surface area contributed by atoms with Crippen molar-refractivity contribution in [2.45, 2.75) is 75.8 Å². The molecule has 56 heavy (non-hydrogen) atoms. The molecule has 9 aliphatic carbocycles. The van der Waals surface area contributed by atoms with Gasteiger partial charge in [0.15, 0.2) is 11.6 Å². The van der Waals surface area contributed by atoms with Gasteiger partial charge in [-0.25, -0.2) is 0 Å². The third-order valence-corrected chi connectivity index (χ3v) is 14.4. The van der Waals surface area contributed by atoms with E-state index < -0.39 is 11.6 Å². The van der Waals surface area contributed by atoms with Crippen LogP contribution in [0.4, 0.5) is 0 Å². The standard InChI is InChI=1S/C52H48O4/c1-7-23-51(24-8-1)53-31-47-43-28-40-20-16-36-12-4-6-14-38(36)18-22-42-30-45-41(29-46(42)50-34-56-52(55-33-49(45)50)25-9-2-10-26-52)21-17-37-13-5-3-11-35(37)15-19-39(43)27-44(40)48(47)32-54-51/h3-6,11-14,27-30,43-50H,1-2,7-10,23-26,31-34H2/t43-,44-,45-,46-,47?,48?,49?,50?/m1/s1. The van der Waals surface area contributed by atoms with Crippen molar-refractivity contribution in [3.8, 4) is 47.4 Å². The van der Waals surface area contributed by atoms with E-state index in [1.165, 1.54) is 12.8 Å². The lowest BCUT2D eigenvalue weighted by Gasteiger charge is -2.43. The zero-order valence-electron chi connectivity index (χ0n) is 32.1. The molecule has 8 atom stereocenters. The van der Waals surface area contributed by atoms with Crippen LogP contribution < -0.4 is 0 Å². The molecule has 0 radical (unpaired) electrons. The van der Waals surface area contributed by atoms with Gasteiger partial charge in [-0.2, -0.15) is 0 Å². The van der Waals surface area contributed by atoms with Gasteiger partial charge in [0, 0.05) is 93.9 Å². The van der Waals surface area contributed by atoms with Gasteiger partial charge in [-0.1, -0.05) is 109 Å². The zero-order chi connectivity index (χ0) is 37.1. The highest BCUT2D eigenvalue weighted by Crippen LogP contribution is 2.52. The summed E-state index contributed by atoms with van der Waals surface area (Å²) in [6.45, 7) is 2.76. The second-order valence-corrected chi connectivity index (χ2v) is 17.5. The first-order valence-electron chi connectivity index (χ1n) is 21.3. The number of hydrogen-bond acceptors (Lipinski definition) is 4. The lowest BCUT2D eigenvalue weighted by Crippen LogP contribution is -2.41. The van der Waals surface area contributed by atoms with Gasteiger partial charge in [-0.15, -0.1) is 0 Å². The van der Waals surface area contributed by atoms with Crippen LogP contribution in [0.2, 0.25) is 0 Å². The Morgan fingerprint density at radius 2 is 0.625 bits per heavy atom. The molecule has 0 aromatic heterocycles. The van der Waals surface area contributed by atoms with Crippen molar-refractivity contribution in [2.75, 3.05) is 26.4 Å². The average Bonchev–Trinajstić information content (AvgIpc) is 3.55. The van der Waals surface area contributed by atoms with E-state index >= 15 is 0 Å². The molecule has 2 aromatic rings. The number of benzene rings is 2. The van der Waals surface area contributed by atoms with E-state index in [1.54, 1.807) is 0 Å². The normalized spacial score (nSPS) is 33.9. The SMILES string of the molecule is C1#Cc2ccccc2C#CC2=C[C@@H]3C(=C[C@H]2C2COC4(CCCCC4)OCC23)C#Cc2ccccc2C#CC2=C[C@@H]3C1=C[C@H]2C1COC2(CCCCC2)OCC13. The van der Waals surface area contributed by atoms with Crippen LogP contribution in [0.3, 0.4) is 0 Å². The van der Waals surface area contributed by atoms with Gasteiger partial charge in [0.25, 0.3) is 0 Å². The Kier molecular flexibility index (Phi) is 8.77. The van der Waals surface area contributed by atoms with E-state index in [4.69, 9.17) is 18.9 Å². The summed E-state index contributed by atoms with van der Waals surface area (Å²) in [5.41, 5.74) is 8.49. The van der Waals surface area contributed by atoms with Gasteiger partial charge < -0.3 is 18.9 Å². The molecule has 11 aliphatic rings. The van der Waals surface area contributed by atoms with E-state index in [0.717, 1.165) is 95.9 Å². The Balaban J connectivity index is 0.994. The molecule has 2 heterocycles. The smallest absolute Gasteiger partial charge is 0.168 e. The van der Waals surface area contributed by atoms with Crippen LogP contribution in [0.5, 0.6) is 0 Å². The van der Waals surface area contributed by atoms with Gasteiger partial charge in [0.05, 0.1) is 26.4 Å². The Labute approximate surface area is 332 Å². The molecule has 2 saturated carbocycles. The Morgan fingerprint density at radius 3 is 0.893 bits per heavy atom. The summed E-state index contributed by atoms with van der Waals surface area (Å²) in [4.78, 5) is 0. The van der Waals surface area contributed by atoms with Crippen LogP contribution in [0.1, 0.15) is 86.5 Å². The van der Waals surface area contributed by atoms with Crippen LogP contribution >= 0.6 is 0 Å². The van der Waals surface area contributed by atoms with Crippen molar-refractivity contribution in [3.05, 3.63) is 117 Å². The largest absolute Gasteiger partial charge is 0.350 e. The molecule has 8 bridgehead atoms. The molecular weight excluding hydrogens is 689 g/mol. The Bertz CT molecular complexity index is 2020. The van der Waals surface area contributed by atoms with Crippen LogP contribution in [0, 0.1) is 94.7 Å². The van der Waals surface area contributed by atoms with Gasteiger partial charge >= 0.3 is 0 Å². The summed E-state index contributed by atoms with van der Waals surface area (Å²) in [7, 11) is 0. The molecule has 4 heteroatoms. The Morgan fingerprint density at radius 1 is 0.357 bits per heavy atom. The fourth-order valence-electron chi connectivity index (χ4n) is 11.3. The van der Waals surface area contributed by atoms with E-state index in [-0.39, 0.29) is 23.7 Å². The number of allylic oxidation sites excluding steroid dienone is 8. The van der Waals surface area contributed by atoms with Crippen molar-refractivity contribution in [1.82, 2.24) is 0 Å². The molecule has 4 nitrogen and oxygen atoms in total. The predicted octanol–water partition coefficient (Wildman–Crippen LogP) is 8.91. The highest BCUT2D eigenvalue weighted by molar-refractivity contribution is 5.60. The van der Waals surface area contributed by atoms with E-state index in [0.29, 0.717) is 50.1 Å². The number of rotatable bonds is 0. The molecule has 0 amide bonds. The minimum Gasteiger partial charge on any atom is -0.350 e. The van der Waals surface area contributed by atoms with Crippen LogP contribution in [0.15, 0.2) is 95.1 Å². The van der Waals surface area contributed by atoms with Gasteiger partial charge in [0.1, 0.15) is 0 Å². The van der Waals surface area contributed by atoms with Crippen molar-refractivity contribution < 1.29 is 18.9 Å². The summed E-state index contributed by atoms with van der Waals surface area (Å²) in [6.07, 6.45) is 20.7. The molecule has 0 N–H and O–H groups in total. The Hall–Kier alpha value is -4.52. The van der Waals surface area contributed by atoms with Gasteiger partial charge in [-0.05, 0) is 73.6 Å². The maximum Gasteiger partial charge on any atom is 0.168 e. The van der Waals surface area contributed by atoms with Crippen LogP contribution in [0.25, 0.3) is 0 Å². The summed E-state index contributed by atoms with van der Waals surface area (Å²) in [5, 5.41) is 0. The topological polar surface area (TPSA) is 36.9 Å². The number of fused-ring (bicyclic) bond motifs is 2. The fourth-order valence-corrected chi connectivity index (χ4v) is 11.3. The minimum absolute atomic E-state index is 0.123. The summed E-state index contributed by atoms with van der Waals surface area (Å²) >= 11 is 0. The molecule has 2 saturated heterocycles. The number of ether oxygens (including phenoxy) is 4. The third-order valence-electron chi connectivity index (χ3n) is 14.4. The van der Waals surface area contributed by atoms with Gasteiger partial charge in [0.2, 0.25) is 0 Å². The first-order chi connectivity index (χ1) is 27.6. The quantitative estimate of drug-likeness (QED) is 0.253. The predicted molar refractivity (Wildman–Crippen MR) is 216 cm³/mol. The number of hydrogen-bond donors (Lipinski definition) is 0. The lowest BCUT2D eigenvalue weighted by atomic mass is 9.60. The average molecular weight is 737 g/mol. The van der Waals surface area contributed by atoms with Crippen LogP contribution in [-0.4, -0.2) is 38.0 Å². The minimum atomic E-state index is -0.440. The van der Waals surface area contributed by atoms with Crippen molar-refractivity contribution in [2.24, 2.45) is 47.3 Å². The molecule has 4 fully saturated rings. The first-order valence-corrected chi connectivity index (χ1v) is 21.3. The molecule has 2 aromatic carbocycles. The molecule has 280 valence electrons. The summed E-state index contributed by atoms with van der Waals surface area (Å²) < 4.78 is 27.0. The monoisotopic (exact) mass is 736 g/mol. The van der Waals surface area contributed by atoms with Crippen molar-refractivity contribution in [1.29, 1.82) is 0 Å². The van der Waals surface area contributed by atoms with Gasteiger partial charge in [-0.3, -0.25) is 0 Å². The maximum absolute atomic E-state index is 6.74. The molecule has 2 aliphatic heterocycles. The van der Waals surface area contributed by atoms with E-state index in [9.17, 15) is 0 Å². The summed E-state index contributed by atoms with van der Waals surface area (Å²) in [5.74, 6) is 29.9. The molecule has 2 spiro atoms. The second kappa shape index (κ2) is 14.1.